The molecule has 0 aromatic carbocycles. The SMILES string of the molecule is CCOC(=O)C1CC(NC(=O)OC(C)(C)C)C(NC(C)=O)C2OC(C)(C)OC12. The number of ether oxygens (including phenoxy) is 4. The highest BCUT2D eigenvalue weighted by molar-refractivity contribution is 5.76. The summed E-state index contributed by atoms with van der Waals surface area (Å²) in [5, 5.41) is 5.61. The second-order valence-electron chi connectivity index (χ2n) is 8.64. The number of alkyl carbamates (subject to hydrolysis) is 1. The number of esters is 1. The van der Waals surface area contributed by atoms with E-state index in [1.54, 1.807) is 41.5 Å². The van der Waals surface area contributed by atoms with Crippen LogP contribution in [0.3, 0.4) is 0 Å². The average molecular weight is 400 g/mol. The van der Waals surface area contributed by atoms with Crippen LogP contribution in [-0.4, -0.2) is 60.3 Å². The zero-order valence-electron chi connectivity index (χ0n) is 17.7. The second-order valence-corrected chi connectivity index (χ2v) is 8.64. The van der Waals surface area contributed by atoms with Crippen LogP contribution in [0.15, 0.2) is 0 Å². The normalized spacial score (nSPS) is 31.5. The molecule has 2 N–H and O–H groups in total. The van der Waals surface area contributed by atoms with Crippen LogP contribution in [-0.2, 0) is 28.5 Å². The van der Waals surface area contributed by atoms with Crippen LogP contribution in [0, 0.1) is 5.92 Å². The standard InChI is InChI=1S/C19H32N2O7/c1-8-25-16(23)11-9-12(21-17(24)28-18(3,4)5)13(20-10(2)22)15-14(11)26-19(6,7)27-15/h11-15H,8-9H2,1-7H3,(H,20,22)(H,21,24). The van der Waals surface area contributed by atoms with E-state index < -0.39 is 53.7 Å². The van der Waals surface area contributed by atoms with E-state index in [-0.39, 0.29) is 18.9 Å². The Balaban J connectivity index is 2.30. The first kappa shape index (κ1) is 22.4. The van der Waals surface area contributed by atoms with Crippen LogP contribution in [0.25, 0.3) is 0 Å². The Morgan fingerprint density at radius 2 is 1.71 bits per heavy atom. The minimum atomic E-state index is -0.933. The topological polar surface area (TPSA) is 112 Å². The Morgan fingerprint density at radius 1 is 1.11 bits per heavy atom. The lowest BCUT2D eigenvalue weighted by Gasteiger charge is -2.41. The van der Waals surface area contributed by atoms with Crippen molar-refractivity contribution < 1.29 is 33.3 Å². The number of amides is 2. The van der Waals surface area contributed by atoms with Crippen molar-refractivity contribution in [3.8, 4) is 0 Å². The van der Waals surface area contributed by atoms with Crippen molar-refractivity contribution >= 4 is 18.0 Å². The predicted octanol–water partition coefficient (Wildman–Crippen LogP) is 1.49. The van der Waals surface area contributed by atoms with Gasteiger partial charge in [0.15, 0.2) is 5.79 Å². The van der Waals surface area contributed by atoms with E-state index in [0.29, 0.717) is 0 Å². The fourth-order valence-electron chi connectivity index (χ4n) is 3.69. The summed E-state index contributed by atoms with van der Waals surface area (Å²) in [4.78, 5) is 36.7. The minimum absolute atomic E-state index is 0.226. The van der Waals surface area contributed by atoms with Gasteiger partial charge < -0.3 is 29.6 Å². The van der Waals surface area contributed by atoms with Crippen LogP contribution in [0.5, 0.6) is 0 Å². The second kappa shape index (κ2) is 8.24. The van der Waals surface area contributed by atoms with Crippen LogP contribution in [0.2, 0.25) is 0 Å². The third kappa shape index (κ3) is 5.57. The maximum absolute atomic E-state index is 12.6. The molecule has 5 unspecified atom stereocenters. The highest BCUT2D eigenvalue weighted by Crippen LogP contribution is 2.40. The minimum Gasteiger partial charge on any atom is -0.466 e. The first-order valence-corrected chi connectivity index (χ1v) is 9.62. The van der Waals surface area contributed by atoms with E-state index in [1.165, 1.54) is 6.92 Å². The Morgan fingerprint density at radius 3 is 2.25 bits per heavy atom. The highest BCUT2D eigenvalue weighted by atomic mass is 16.8. The summed E-state index contributed by atoms with van der Waals surface area (Å²) in [7, 11) is 0. The van der Waals surface area contributed by atoms with Crippen molar-refractivity contribution in [2.24, 2.45) is 5.92 Å². The molecule has 9 nitrogen and oxygen atoms in total. The molecule has 2 aliphatic rings. The summed E-state index contributed by atoms with van der Waals surface area (Å²) in [5.41, 5.74) is -0.680. The fourth-order valence-corrected chi connectivity index (χ4v) is 3.69. The zero-order chi connectivity index (χ0) is 21.3. The molecule has 1 saturated heterocycles. The van der Waals surface area contributed by atoms with Gasteiger partial charge in [-0.1, -0.05) is 0 Å². The molecule has 1 aliphatic heterocycles. The van der Waals surface area contributed by atoms with E-state index in [4.69, 9.17) is 18.9 Å². The molecule has 28 heavy (non-hydrogen) atoms. The third-order valence-electron chi connectivity index (χ3n) is 4.52. The van der Waals surface area contributed by atoms with Crippen molar-refractivity contribution in [1.29, 1.82) is 0 Å². The lowest BCUT2D eigenvalue weighted by molar-refractivity contribution is -0.163. The van der Waals surface area contributed by atoms with Crippen LogP contribution >= 0.6 is 0 Å². The highest BCUT2D eigenvalue weighted by Gasteiger charge is 2.57. The molecule has 0 bridgehead atoms. The molecule has 160 valence electrons. The summed E-state index contributed by atoms with van der Waals surface area (Å²) >= 11 is 0. The largest absolute Gasteiger partial charge is 0.466 e. The number of hydrogen-bond donors (Lipinski definition) is 2. The molecule has 0 spiro atoms. The Bertz CT molecular complexity index is 614. The van der Waals surface area contributed by atoms with Gasteiger partial charge in [0.25, 0.3) is 0 Å². The molecule has 2 rings (SSSR count). The molecule has 0 aromatic rings. The molecule has 0 aromatic heterocycles. The van der Waals surface area contributed by atoms with Gasteiger partial charge >= 0.3 is 12.1 Å². The molecule has 2 amide bonds. The number of fused-ring (bicyclic) bond motifs is 1. The maximum Gasteiger partial charge on any atom is 0.407 e. The Labute approximate surface area is 165 Å². The van der Waals surface area contributed by atoms with E-state index in [0.717, 1.165) is 0 Å². The first-order chi connectivity index (χ1) is 12.8. The van der Waals surface area contributed by atoms with Gasteiger partial charge in [-0.05, 0) is 48.0 Å². The lowest BCUT2D eigenvalue weighted by atomic mass is 9.78. The van der Waals surface area contributed by atoms with Crippen molar-refractivity contribution in [2.75, 3.05) is 6.61 Å². The third-order valence-corrected chi connectivity index (χ3v) is 4.52. The summed E-state index contributed by atoms with van der Waals surface area (Å²) in [6.07, 6.45) is -1.62. The monoisotopic (exact) mass is 400 g/mol. The summed E-state index contributed by atoms with van der Waals surface area (Å²) in [5.74, 6) is -2.27. The molecule has 9 heteroatoms. The van der Waals surface area contributed by atoms with Crippen LogP contribution < -0.4 is 10.6 Å². The van der Waals surface area contributed by atoms with E-state index in [1.807, 2.05) is 0 Å². The molecule has 0 radical (unpaired) electrons. The van der Waals surface area contributed by atoms with Gasteiger partial charge in [-0.25, -0.2) is 4.79 Å². The van der Waals surface area contributed by atoms with Gasteiger partial charge in [0, 0.05) is 6.92 Å². The van der Waals surface area contributed by atoms with Gasteiger partial charge in [-0.3, -0.25) is 9.59 Å². The molecule has 1 saturated carbocycles. The van der Waals surface area contributed by atoms with Crippen molar-refractivity contribution in [3.05, 3.63) is 0 Å². The Kier molecular flexibility index (Phi) is 6.60. The van der Waals surface area contributed by atoms with E-state index in [9.17, 15) is 14.4 Å². The summed E-state index contributed by atoms with van der Waals surface area (Å²) < 4.78 is 22.5. The molecular weight excluding hydrogens is 368 g/mol. The smallest absolute Gasteiger partial charge is 0.407 e. The average Bonchev–Trinajstić information content (AvgIpc) is 2.82. The van der Waals surface area contributed by atoms with Gasteiger partial charge in [0.1, 0.15) is 17.8 Å². The van der Waals surface area contributed by atoms with Crippen LogP contribution in [0.1, 0.15) is 54.9 Å². The number of rotatable bonds is 4. The molecular formula is C19H32N2O7. The van der Waals surface area contributed by atoms with Crippen molar-refractivity contribution in [3.63, 3.8) is 0 Å². The quantitative estimate of drug-likeness (QED) is 0.688. The molecule has 1 aliphatic carbocycles. The predicted molar refractivity (Wildman–Crippen MR) is 99.3 cm³/mol. The Hall–Kier alpha value is -1.87. The number of carbonyl (C=O) groups excluding carboxylic acids is 3. The van der Waals surface area contributed by atoms with Gasteiger partial charge in [0.2, 0.25) is 5.91 Å². The number of nitrogens with one attached hydrogen (secondary N) is 2. The summed E-state index contributed by atoms with van der Waals surface area (Å²) in [6.45, 7) is 12.1. The fraction of sp³-hybridized carbons (Fsp3) is 0.842. The lowest BCUT2D eigenvalue weighted by Crippen LogP contribution is -2.65. The molecule has 2 fully saturated rings. The molecule has 5 atom stereocenters. The first-order valence-electron chi connectivity index (χ1n) is 9.62. The van der Waals surface area contributed by atoms with E-state index >= 15 is 0 Å². The van der Waals surface area contributed by atoms with Gasteiger partial charge in [-0.2, -0.15) is 0 Å². The number of hydrogen-bond acceptors (Lipinski definition) is 7. The van der Waals surface area contributed by atoms with Gasteiger partial charge in [0.05, 0.1) is 24.6 Å². The number of carbonyl (C=O) groups is 3. The van der Waals surface area contributed by atoms with Crippen molar-refractivity contribution in [1.82, 2.24) is 10.6 Å². The zero-order valence-corrected chi connectivity index (χ0v) is 17.7. The maximum atomic E-state index is 12.6. The van der Waals surface area contributed by atoms with E-state index in [2.05, 4.69) is 10.6 Å². The van der Waals surface area contributed by atoms with Crippen LogP contribution in [0.4, 0.5) is 4.79 Å². The van der Waals surface area contributed by atoms with Gasteiger partial charge in [-0.15, -0.1) is 0 Å². The summed E-state index contributed by atoms with van der Waals surface area (Å²) in [6, 6.07) is -1.17. The van der Waals surface area contributed by atoms with Crippen molar-refractivity contribution in [2.45, 2.75) is 90.6 Å². The molecule has 1 heterocycles.